The molecular formula is C40H58. The summed E-state index contributed by atoms with van der Waals surface area (Å²) < 4.78 is 0. The monoisotopic (exact) mass is 538 g/mol. The van der Waals surface area contributed by atoms with Gasteiger partial charge in [0.1, 0.15) is 0 Å². The van der Waals surface area contributed by atoms with Gasteiger partial charge in [0.2, 0.25) is 0 Å². The van der Waals surface area contributed by atoms with Gasteiger partial charge in [-0.15, -0.1) is 0 Å². The summed E-state index contributed by atoms with van der Waals surface area (Å²) in [6, 6.07) is 0. The standard InChI is InChI=1S/C40H58/c1-31(19-13-21-33(3)25-27-37-35(5)23-15-29-39(37,7)8)17-11-12-18-32(2)20-14-22-34(4)26-28-38-36(6)24-16-30-40(38,9)10/h11-15,17-22,25,27,29,36,38H,16,23-24,26,28,30H2,1-10H3/b12-11+,19-13+,20-14+,27-25+,31-17+,32-18+,33-21+,34-22+/t36-,38+/m1/s1. The summed E-state index contributed by atoms with van der Waals surface area (Å²) >= 11 is 0. The third-order valence-electron chi connectivity index (χ3n) is 8.93. The van der Waals surface area contributed by atoms with Gasteiger partial charge in [0.25, 0.3) is 0 Å². The summed E-state index contributed by atoms with van der Waals surface area (Å²) in [7, 11) is 0. The summed E-state index contributed by atoms with van der Waals surface area (Å²) in [6.07, 6.45) is 38.7. The normalized spacial score (nSPS) is 24.9. The van der Waals surface area contributed by atoms with Crippen molar-refractivity contribution in [2.45, 2.75) is 108 Å². The van der Waals surface area contributed by atoms with E-state index in [1.54, 1.807) is 0 Å². The van der Waals surface area contributed by atoms with Gasteiger partial charge in [-0.3, -0.25) is 0 Å². The van der Waals surface area contributed by atoms with Gasteiger partial charge >= 0.3 is 0 Å². The van der Waals surface area contributed by atoms with E-state index in [1.165, 1.54) is 65.5 Å². The van der Waals surface area contributed by atoms with Gasteiger partial charge in [-0.25, -0.2) is 0 Å². The lowest BCUT2D eigenvalue weighted by atomic mass is 9.62. The van der Waals surface area contributed by atoms with Crippen molar-refractivity contribution in [2.24, 2.45) is 22.7 Å². The molecule has 1 saturated carbocycles. The SMILES string of the molecule is CC1=C(/C=C/C(C)=C/C=C/C(C)=C/C=C/C=C(C)/C=C/C=C(\C)CC[C@H]2[C@H](C)CCCC2(C)C)C(C)(C)C=CC1. The van der Waals surface area contributed by atoms with Crippen molar-refractivity contribution in [2.75, 3.05) is 0 Å². The molecule has 0 unspecified atom stereocenters. The Labute approximate surface area is 248 Å². The first-order chi connectivity index (χ1) is 18.8. The van der Waals surface area contributed by atoms with Crippen LogP contribution in [-0.2, 0) is 0 Å². The van der Waals surface area contributed by atoms with Crippen LogP contribution in [0.1, 0.15) is 108 Å². The van der Waals surface area contributed by atoms with Gasteiger partial charge in [-0.2, -0.15) is 0 Å². The van der Waals surface area contributed by atoms with Crippen molar-refractivity contribution in [1.29, 1.82) is 0 Å². The molecule has 0 nitrogen and oxygen atoms in total. The van der Waals surface area contributed by atoms with Crippen molar-refractivity contribution in [3.63, 3.8) is 0 Å². The van der Waals surface area contributed by atoms with Crippen LogP contribution in [0.15, 0.2) is 119 Å². The molecule has 2 atom stereocenters. The van der Waals surface area contributed by atoms with E-state index in [0.717, 1.165) is 18.3 Å². The highest BCUT2D eigenvalue weighted by Gasteiger charge is 2.36. The van der Waals surface area contributed by atoms with Gasteiger partial charge in [-0.1, -0.05) is 160 Å². The van der Waals surface area contributed by atoms with E-state index in [1.807, 2.05) is 0 Å². The van der Waals surface area contributed by atoms with E-state index in [4.69, 9.17) is 0 Å². The molecule has 218 valence electrons. The molecule has 1 fully saturated rings. The molecule has 2 aliphatic rings. The lowest BCUT2D eigenvalue weighted by Gasteiger charge is -2.43. The molecule has 0 amide bonds. The number of hydrogen-bond donors (Lipinski definition) is 0. The Balaban J connectivity index is 1.83. The predicted octanol–water partition coefficient (Wildman–Crippen LogP) is 12.5. The average Bonchev–Trinajstić information content (AvgIpc) is 2.85. The molecule has 0 N–H and O–H groups in total. The fourth-order valence-electron chi connectivity index (χ4n) is 6.33. The van der Waals surface area contributed by atoms with Gasteiger partial charge in [0, 0.05) is 5.41 Å². The molecule has 0 bridgehead atoms. The first-order valence-electron chi connectivity index (χ1n) is 15.6. The molecule has 0 aromatic rings. The predicted molar refractivity (Wildman–Crippen MR) is 181 cm³/mol. The third-order valence-corrected chi connectivity index (χ3v) is 8.93. The first kappa shape index (κ1) is 33.6. The molecule has 0 radical (unpaired) electrons. The van der Waals surface area contributed by atoms with Crippen LogP contribution in [0.25, 0.3) is 0 Å². The number of allylic oxidation sites excluding steroid dienone is 20. The van der Waals surface area contributed by atoms with Crippen molar-refractivity contribution < 1.29 is 0 Å². The van der Waals surface area contributed by atoms with Gasteiger partial charge < -0.3 is 0 Å². The summed E-state index contributed by atoms with van der Waals surface area (Å²) in [5.41, 5.74) is 8.75. The molecule has 0 heteroatoms. The van der Waals surface area contributed by atoms with Gasteiger partial charge in [0.15, 0.2) is 0 Å². The molecule has 0 saturated heterocycles. The quantitative estimate of drug-likeness (QED) is 0.181. The summed E-state index contributed by atoms with van der Waals surface area (Å²) in [5.74, 6) is 1.71. The second-order valence-corrected chi connectivity index (χ2v) is 13.7. The highest BCUT2D eigenvalue weighted by Crippen LogP contribution is 2.46. The van der Waals surface area contributed by atoms with Crippen molar-refractivity contribution in [3.05, 3.63) is 119 Å². The lowest BCUT2D eigenvalue weighted by Crippen LogP contribution is -2.33. The van der Waals surface area contributed by atoms with Crippen LogP contribution in [0.4, 0.5) is 0 Å². The molecule has 0 spiro atoms. The van der Waals surface area contributed by atoms with E-state index >= 15 is 0 Å². The lowest BCUT2D eigenvalue weighted by molar-refractivity contribution is 0.0767. The second kappa shape index (κ2) is 16.0. The minimum atomic E-state index is 0.115. The second-order valence-electron chi connectivity index (χ2n) is 13.7. The molecule has 40 heavy (non-hydrogen) atoms. The number of rotatable bonds is 11. The van der Waals surface area contributed by atoms with Crippen LogP contribution < -0.4 is 0 Å². The zero-order valence-corrected chi connectivity index (χ0v) is 27.5. The molecule has 0 aromatic heterocycles. The van der Waals surface area contributed by atoms with Crippen molar-refractivity contribution in [3.8, 4) is 0 Å². The topological polar surface area (TPSA) is 0 Å². The maximum atomic E-state index is 2.48. The van der Waals surface area contributed by atoms with Crippen LogP contribution >= 0.6 is 0 Å². The van der Waals surface area contributed by atoms with Crippen LogP contribution in [0, 0.1) is 22.7 Å². The van der Waals surface area contributed by atoms with Gasteiger partial charge in [-0.05, 0) is 83.1 Å². The van der Waals surface area contributed by atoms with E-state index in [9.17, 15) is 0 Å². The Kier molecular flexibility index (Phi) is 13.4. The summed E-state index contributed by atoms with van der Waals surface area (Å²) in [6.45, 7) is 23.0. The fraction of sp³-hybridized carbons (Fsp3) is 0.500. The molecule has 2 aliphatic carbocycles. The van der Waals surface area contributed by atoms with Crippen LogP contribution in [-0.4, -0.2) is 0 Å². The van der Waals surface area contributed by atoms with Gasteiger partial charge in [0.05, 0.1) is 0 Å². The van der Waals surface area contributed by atoms with E-state index < -0.39 is 0 Å². The highest BCUT2D eigenvalue weighted by molar-refractivity contribution is 5.41. The number of hydrogen-bond acceptors (Lipinski definition) is 0. The first-order valence-corrected chi connectivity index (χ1v) is 15.6. The molecular weight excluding hydrogens is 480 g/mol. The molecule has 0 aliphatic heterocycles. The molecule has 0 heterocycles. The minimum Gasteiger partial charge on any atom is -0.0836 e. The molecule has 2 rings (SSSR count). The van der Waals surface area contributed by atoms with Crippen LogP contribution in [0.3, 0.4) is 0 Å². The van der Waals surface area contributed by atoms with E-state index in [2.05, 4.69) is 154 Å². The van der Waals surface area contributed by atoms with E-state index in [-0.39, 0.29) is 5.41 Å². The Hall–Kier alpha value is -2.60. The maximum Gasteiger partial charge on any atom is 0.00749 e. The smallest absolute Gasteiger partial charge is 0.00749 e. The minimum absolute atomic E-state index is 0.115. The van der Waals surface area contributed by atoms with Crippen LogP contribution in [0.2, 0.25) is 0 Å². The maximum absolute atomic E-state index is 2.48. The summed E-state index contributed by atoms with van der Waals surface area (Å²) in [5, 5.41) is 0. The zero-order valence-electron chi connectivity index (χ0n) is 27.5. The molecule has 0 aromatic carbocycles. The average molecular weight is 539 g/mol. The summed E-state index contributed by atoms with van der Waals surface area (Å²) in [4.78, 5) is 0. The third kappa shape index (κ3) is 11.5. The Bertz CT molecular complexity index is 1140. The van der Waals surface area contributed by atoms with Crippen molar-refractivity contribution in [1.82, 2.24) is 0 Å². The highest BCUT2D eigenvalue weighted by atomic mass is 14.4. The zero-order chi connectivity index (χ0) is 29.8. The Morgan fingerprint density at radius 3 is 2.00 bits per heavy atom. The Morgan fingerprint density at radius 1 is 0.825 bits per heavy atom. The van der Waals surface area contributed by atoms with Crippen LogP contribution in [0.5, 0.6) is 0 Å². The largest absolute Gasteiger partial charge is 0.0836 e. The Morgan fingerprint density at radius 2 is 1.40 bits per heavy atom. The van der Waals surface area contributed by atoms with Crippen molar-refractivity contribution >= 4 is 0 Å². The van der Waals surface area contributed by atoms with E-state index in [0.29, 0.717) is 5.41 Å². The fourth-order valence-corrected chi connectivity index (χ4v) is 6.33.